The summed E-state index contributed by atoms with van der Waals surface area (Å²) in [5, 5.41) is 0.596. The fourth-order valence-electron chi connectivity index (χ4n) is 2.60. The Balaban J connectivity index is 1.61. The lowest BCUT2D eigenvalue weighted by atomic mass is 10.2. The highest BCUT2D eigenvalue weighted by Crippen LogP contribution is 2.22. The lowest BCUT2D eigenvalue weighted by Crippen LogP contribution is -2.46. The van der Waals surface area contributed by atoms with E-state index in [1.54, 1.807) is 30.3 Å². The van der Waals surface area contributed by atoms with Crippen molar-refractivity contribution in [3.05, 3.63) is 64.7 Å². The average Bonchev–Trinajstić information content (AvgIpc) is 3.20. The van der Waals surface area contributed by atoms with Crippen molar-refractivity contribution in [2.75, 3.05) is 6.61 Å². The molecule has 2 aromatic rings. The molecule has 0 spiro atoms. The minimum Gasteiger partial charge on any atom is -0.488 e. The molecule has 6 nitrogen and oxygen atoms in total. The Bertz CT molecular complexity index is 791. The van der Waals surface area contributed by atoms with Crippen LogP contribution in [0.5, 0.6) is 5.75 Å². The Morgan fingerprint density at radius 2 is 1.88 bits per heavy atom. The summed E-state index contributed by atoms with van der Waals surface area (Å²) >= 11 is 6.12. The normalized spacial score (nSPS) is 16.1. The number of ether oxygens (including phenoxy) is 2. The molecule has 1 atom stereocenters. The van der Waals surface area contributed by atoms with Gasteiger partial charge in [0, 0.05) is 17.2 Å². The molecule has 2 N–H and O–H groups in total. The smallest absolute Gasteiger partial charge is 0.273 e. The van der Waals surface area contributed by atoms with Crippen molar-refractivity contribution in [2.24, 2.45) is 0 Å². The molecule has 0 aliphatic carbocycles. The number of para-hydroxylation sites is 1. The number of amides is 2. The van der Waals surface area contributed by atoms with E-state index in [1.807, 2.05) is 18.2 Å². The van der Waals surface area contributed by atoms with Crippen LogP contribution in [0.15, 0.2) is 48.5 Å². The predicted molar refractivity (Wildman–Crippen MR) is 96.8 cm³/mol. The molecule has 2 amide bonds. The van der Waals surface area contributed by atoms with Crippen LogP contribution in [0.1, 0.15) is 28.8 Å². The monoisotopic (exact) mass is 374 g/mol. The summed E-state index contributed by atoms with van der Waals surface area (Å²) in [6.07, 6.45) is 0.978. The van der Waals surface area contributed by atoms with Gasteiger partial charge >= 0.3 is 0 Å². The first-order valence-electron chi connectivity index (χ1n) is 8.32. The van der Waals surface area contributed by atoms with E-state index in [9.17, 15) is 9.59 Å². The zero-order valence-corrected chi connectivity index (χ0v) is 14.8. The van der Waals surface area contributed by atoms with Crippen LogP contribution in [0.2, 0.25) is 5.02 Å². The van der Waals surface area contributed by atoms with Gasteiger partial charge in [0.15, 0.2) is 0 Å². The van der Waals surface area contributed by atoms with E-state index in [-0.39, 0.29) is 12.5 Å². The van der Waals surface area contributed by atoms with Crippen molar-refractivity contribution in [3.8, 4) is 5.75 Å². The van der Waals surface area contributed by atoms with Crippen LogP contribution in [0.25, 0.3) is 0 Å². The molecule has 0 radical (unpaired) electrons. The maximum atomic E-state index is 12.4. The minimum absolute atomic E-state index is 0.228. The summed E-state index contributed by atoms with van der Waals surface area (Å²) in [5.41, 5.74) is 5.92. The van der Waals surface area contributed by atoms with E-state index >= 15 is 0 Å². The van der Waals surface area contributed by atoms with E-state index in [1.165, 1.54) is 0 Å². The largest absolute Gasteiger partial charge is 0.488 e. The van der Waals surface area contributed by atoms with Crippen molar-refractivity contribution in [2.45, 2.75) is 25.6 Å². The third-order valence-electron chi connectivity index (χ3n) is 3.99. The maximum absolute atomic E-state index is 12.4. The number of rotatable bonds is 5. The number of benzene rings is 2. The lowest BCUT2D eigenvalue weighted by Gasteiger charge is -2.14. The molecule has 1 aliphatic rings. The molecule has 3 rings (SSSR count). The molecule has 2 aromatic carbocycles. The molecule has 0 saturated carbocycles. The summed E-state index contributed by atoms with van der Waals surface area (Å²) in [7, 11) is 0. The highest BCUT2D eigenvalue weighted by molar-refractivity contribution is 6.31. The highest BCUT2D eigenvalue weighted by atomic mass is 35.5. The third-order valence-corrected chi connectivity index (χ3v) is 4.36. The first kappa shape index (κ1) is 18.2. The molecule has 1 heterocycles. The number of hydrogen-bond acceptors (Lipinski definition) is 4. The summed E-state index contributed by atoms with van der Waals surface area (Å²) in [6.45, 7) is 0.789. The van der Waals surface area contributed by atoms with Gasteiger partial charge in [-0.3, -0.25) is 20.4 Å². The van der Waals surface area contributed by atoms with Gasteiger partial charge in [-0.05, 0) is 31.0 Å². The molecule has 1 fully saturated rings. The lowest BCUT2D eigenvalue weighted by molar-refractivity contribution is -0.130. The fraction of sp³-hybridized carbons (Fsp3) is 0.263. The molecule has 26 heavy (non-hydrogen) atoms. The molecule has 136 valence electrons. The SMILES string of the molecule is O=C(NNC(=O)C1CCCO1)c1ccccc1OCc1ccccc1Cl. The Morgan fingerprint density at radius 1 is 1.12 bits per heavy atom. The van der Waals surface area contributed by atoms with Gasteiger partial charge in [0.05, 0.1) is 5.56 Å². The van der Waals surface area contributed by atoms with Gasteiger partial charge < -0.3 is 9.47 Å². The van der Waals surface area contributed by atoms with Gasteiger partial charge in [-0.1, -0.05) is 41.9 Å². The van der Waals surface area contributed by atoms with Crippen LogP contribution in [0.4, 0.5) is 0 Å². The summed E-state index contributed by atoms with van der Waals surface area (Å²) in [4.78, 5) is 24.3. The van der Waals surface area contributed by atoms with Crippen LogP contribution in [0.3, 0.4) is 0 Å². The van der Waals surface area contributed by atoms with E-state index in [2.05, 4.69) is 10.9 Å². The van der Waals surface area contributed by atoms with Gasteiger partial charge in [-0.15, -0.1) is 0 Å². The van der Waals surface area contributed by atoms with Crippen LogP contribution >= 0.6 is 11.6 Å². The van der Waals surface area contributed by atoms with E-state index in [0.717, 1.165) is 12.0 Å². The second-order valence-corrected chi connectivity index (χ2v) is 6.23. The Kier molecular flexibility index (Phi) is 6.09. The molecule has 1 aliphatic heterocycles. The number of hydrogen-bond donors (Lipinski definition) is 2. The van der Waals surface area contributed by atoms with Crippen molar-refractivity contribution >= 4 is 23.4 Å². The molecule has 1 saturated heterocycles. The van der Waals surface area contributed by atoms with Crippen molar-refractivity contribution in [1.29, 1.82) is 0 Å². The first-order valence-corrected chi connectivity index (χ1v) is 8.70. The van der Waals surface area contributed by atoms with E-state index in [4.69, 9.17) is 21.1 Å². The average molecular weight is 375 g/mol. The van der Waals surface area contributed by atoms with Gasteiger partial charge in [-0.25, -0.2) is 0 Å². The fourth-order valence-corrected chi connectivity index (χ4v) is 2.79. The van der Waals surface area contributed by atoms with Crippen molar-refractivity contribution < 1.29 is 19.1 Å². The number of carbonyl (C=O) groups excluding carboxylic acids is 2. The zero-order chi connectivity index (χ0) is 18.4. The maximum Gasteiger partial charge on any atom is 0.273 e. The molecule has 0 aromatic heterocycles. The molecule has 7 heteroatoms. The third kappa shape index (κ3) is 4.53. The van der Waals surface area contributed by atoms with Crippen molar-refractivity contribution in [1.82, 2.24) is 10.9 Å². The standard InChI is InChI=1S/C19H19ClN2O4/c20-15-8-3-1-6-13(15)12-26-16-9-4-2-7-14(16)18(23)21-22-19(24)17-10-5-11-25-17/h1-4,6-9,17H,5,10-12H2,(H,21,23)(H,22,24). The molecular formula is C19H19ClN2O4. The van der Waals surface area contributed by atoms with Crippen LogP contribution < -0.4 is 15.6 Å². The quantitative estimate of drug-likeness (QED) is 0.789. The second-order valence-electron chi connectivity index (χ2n) is 5.82. The summed E-state index contributed by atoms with van der Waals surface area (Å²) in [6, 6.07) is 14.1. The van der Waals surface area contributed by atoms with Crippen LogP contribution in [-0.4, -0.2) is 24.5 Å². The number of nitrogens with one attached hydrogen (secondary N) is 2. The van der Waals surface area contributed by atoms with Gasteiger partial charge in [-0.2, -0.15) is 0 Å². The molecular weight excluding hydrogens is 356 g/mol. The van der Waals surface area contributed by atoms with Gasteiger partial charge in [0.25, 0.3) is 11.8 Å². The predicted octanol–water partition coefficient (Wildman–Crippen LogP) is 2.86. The Labute approximate surface area is 156 Å². The highest BCUT2D eigenvalue weighted by Gasteiger charge is 2.24. The molecule has 0 bridgehead atoms. The second kappa shape index (κ2) is 8.69. The topological polar surface area (TPSA) is 76.7 Å². The van der Waals surface area contributed by atoms with Crippen LogP contribution in [0, 0.1) is 0 Å². The van der Waals surface area contributed by atoms with Crippen LogP contribution in [-0.2, 0) is 16.1 Å². The van der Waals surface area contributed by atoms with E-state index in [0.29, 0.717) is 29.4 Å². The zero-order valence-electron chi connectivity index (χ0n) is 14.0. The van der Waals surface area contributed by atoms with E-state index < -0.39 is 12.0 Å². The Morgan fingerprint density at radius 3 is 2.65 bits per heavy atom. The summed E-state index contributed by atoms with van der Waals surface area (Å²) < 4.78 is 11.0. The number of halogens is 1. The summed E-state index contributed by atoms with van der Waals surface area (Å²) in [5.74, 6) is -0.423. The number of carbonyl (C=O) groups is 2. The van der Waals surface area contributed by atoms with Gasteiger partial charge in [0.1, 0.15) is 18.5 Å². The minimum atomic E-state index is -0.512. The van der Waals surface area contributed by atoms with Gasteiger partial charge in [0.2, 0.25) is 0 Å². The van der Waals surface area contributed by atoms with Crippen molar-refractivity contribution in [3.63, 3.8) is 0 Å². The first-order chi connectivity index (χ1) is 12.6. The number of hydrazine groups is 1. The Hall–Kier alpha value is -2.57. The molecule has 1 unspecified atom stereocenters.